The second-order valence-electron chi connectivity index (χ2n) is 18.3. The number of piperidine rings is 4. The largest absolute Gasteiger partial charge is 0.488 e. The van der Waals surface area contributed by atoms with Gasteiger partial charge in [-0.2, -0.15) is 5.10 Å². The quantitative estimate of drug-likeness (QED) is 0.180. The first-order chi connectivity index (χ1) is 29.0. The zero-order valence-corrected chi connectivity index (χ0v) is 34.2. The first-order valence-electron chi connectivity index (χ1n) is 21.8. The SMILES string of the molecule is CC1(Oc2ccc3[nH]nc(-c4cc(N5CCC(CC6(F)CCN(CC7CCCCN7c7cccc8c7CN(C7C(=O)NC(=O)CC7F)C8=O)CC6)CC5)ncn4)c3c2)CC1. The molecule has 0 radical (unpaired) electrons. The van der Waals surface area contributed by atoms with Gasteiger partial charge in [-0.1, -0.05) is 6.07 Å². The maximum atomic E-state index is 16.6. The molecule has 5 fully saturated rings. The number of carbonyl (C=O) groups is 3. The van der Waals surface area contributed by atoms with Crippen molar-refractivity contribution >= 4 is 40.1 Å². The maximum Gasteiger partial charge on any atom is 0.255 e. The summed E-state index contributed by atoms with van der Waals surface area (Å²) in [6, 6.07) is 12.5. The molecule has 2 aromatic heterocycles. The van der Waals surface area contributed by atoms with Gasteiger partial charge in [0.05, 0.1) is 17.6 Å². The zero-order chi connectivity index (χ0) is 41.2. The van der Waals surface area contributed by atoms with Crippen molar-refractivity contribution in [2.45, 2.75) is 114 Å². The van der Waals surface area contributed by atoms with Gasteiger partial charge in [0.1, 0.15) is 47.1 Å². The molecule has 10 rings (SSSR count). The number of aromatic nitrogens is 4. The summed E-state index contributed by atoms with van der Waals surface area (Å²) >= 11 is 0. The van der Waals surface area contributed by atoms with E-state index in [2.05, 4.69) is 47.1 Å². The minimum Gasteiger partial charge on any atom is -0.488 e. The smallest absolute Gasteiger partial charge is 0.255 e. The molecule has 13 nitrogen and oxygen atoms in total. The number of fused-ring (bicyclic) bond motifs is 2. The molecule has 5 aliphatic heterocycles. The summed E-state index contributed by atoms with van der Waals surface area (Å²) in [4.78, 5) is 55.5. The summed E-state index contributed by atoms with van der Waals surface area (Å²) in [6.45, 7) is 6.90. The normalized spacial score (nSPS) is 25.8. The Labute approximate surface area is 348 Å². The van der Waals surface area contributed by atoms with Crippen LogP contribution in [-0.4, -0.2) is 116 Å². The fraction of sp³-hybridized carbons (Fsp3) is 0.556. The van der Waals surface area contributed by atoms with Crippen LogP contribution in [0, 0.1) is 5.92 Å². The highest BCUT2D eigenvalue weighted by Crippen LogP contribution is 2.42. The standard InChI is InChI=1S/C45H53F2N9O4/c1-44(12-13-44)60-30-8-9-35-32(21-30)40(52-51-35)36-23-38(49-27-48-36)54-17-10-28(11-18-54)24-45(47)14-19-53(20-15-45)25-29-5-2-3-16-55(29)37-7-4-6-31-33(37)26-56(43(31)59)41-34(46)22-39(57)50-42(41)58/h4,6-9,21,23,27-29,34,41H,2-3,5,10-20,22,24-26H2,1H3,(H,51,52)(H,50,57,58). The van der Waals surface area contributed by atoms with Crippen LogP contribution in [0.15, 0.2) is 48.8 Å². The third-order valence-corrected chi connectivity index (χ3v) is 14.1. The number of aromatic amines is 1. The van der Waals surface area contributed by atoms with Crippen molar-refractivity contribution in [3.05, 3.63) is 59.9 Å². The molecule has 60 heavy (non-hydrogen) atoms. The number of hydrogen-bond acceptors (Lipinski definition) is 10. The van der Waals surface area contributed by atoms with Crippen LogP contribution in [0.1, 0.15) is 93.5 Å². The fourth-order valence-corrected chi connectivity index (χ4v) is 10.4. The molecule has 3 amide bonds. The van der Waals surface area contributed by atoms with Crippen molar-refractivity contribution in [3.8, 4) is 17.1 Å². The van der Waals surface area contributed by atoms with Crippen LogP contribution >= 0.6 is 0 Å². The van der Waals surface area contributed by atoms with E-state index in [1.54, 1.807) is 12.4 Å². The Balaban J connectivity index is 0.737. The number of amides is 3. The van der Waals surface area contributed by atoms with E-state index in [9.17, 15) is 14.4 Å². The molecule has 1 aliphatic carbocycles. The van der Waals surface area contributed by atoms with E-state index in [0.717, 1.165) is 116 Å². The van der Waals surface area contributed by atoms with E-state index in [4.69, 9.17) is 4.74 Å². The highest BCUT2D eigenvalue weighted by Gasteiger charge is 2.46. The van der Waals surface area contributed by atoms with Crippen molar-refractivity contribution in [1.82, 2.24) is 35.3 Å². The molecule has 4 saturated heterocycles. The molecular weight excluding hydrogens is 769 g/mol. The number of alkyl halides is 2. The molecule has 1 saturated carbocycles. The fourth-order valence-electron chi connectivity index (χ4n) is 10.4. The Morgan fingerprint density at radius 3 is 2.52 bits per heavy atom. The van der Waals surface area contributed by atoms with Gasteiger partial charge in [0, 0.05) is 80.1 Å². The van der Waals surface area contributed by atoms with Gasteiger partial charge in [0.15, 0.2) is 0 Å². The molecule has 4 aromatic rings. The second-order valence-corrected chi connectivity index (χ2v) is 18.3. The Morgan fingerprint density at radius 1 is 0.917 bits per heavy atom. The molecule has 15 heteroatoms. The molecule has 0 bridgehead atoms. The van der Waals surface area contributed by atoms with E-state index in [0.29, 0.717) is 43.8 Å². The molecule has 2 aromatic carbocycles. The zero-order valence-electron chi connectivity index (χ0n) is 34.2. The highest BCUT2D eigenvalue weighted by molar-refractivity contribution is 6.06. The molecule has 7 heterocycles. The van der Waals surface area contributed by atoms with Gasteiger partial charge in [0.2, 0.25) is 5.91 Å². The lowest BCUT2D eigenvalue weighted by molar-refractivity contribution is -0.140. The number of nitrogens with one attached hydrogen (secondary N) is 2. The average molecular weight is 822 g/mol. The van der Waals surface area contributed by atoms with Gasteiger partial charge in [0.25, 0.3) is 11.8 Å². The first kappa shape index (κ1) is 39.0. The number of H-pyrrole nitrogens is 1. The number of ether oxygens (including phenoxy) is 1. The number of imide groups is 1. The van der Waals surface area contributed by atoms with Crippen molar-refractivity contribution in [2.75, 3.05) is 49.1 Å². The Morgan fingerprint density at radius 2 is 1.73 bits per heavy atom. The predicted molar refractivity (Wildman–Crippen MR) is 222 cm³/mol. The van der Waals surface area contributed by atoms with E-state index < -0.39 is 36.1 Å². The maximum absolute atomic E-state index is 16.6. The Hall–Kier alpha value is -5.18. The molecule has 0 spiro atoms. The number of benzene rings is 2. The number of nitrogens with zero attached hydrogens (tertiary/aromatic N) is 7. The Bertz CT molecular complexity index is 2300. The highest BCUT2D eigenvalue weighted by atomic mass is 19.1. The topological polar surface area (TPSA) is 140 Å². The molecule has 2 N–H and O–H groups in total. The van der Waals surface area contributed by atoms with Gasteiger partial charge in [-0.15, -0.1) is 0 Å². The number of likely N-dealkylation sites (tertiary alicyclic amines) is 1. The molecule has 3 unspecified atom stereocenters. The monoisotopic (exact) mass is 821 g/mol. The van der Waals surface area contributed by atoms with Crippen molar-refractivity contribution < 1.29 is 27.9 Å². The molecule has 3 atom stereocenters. The van der Waals surface area contributed by atoms with Gasteiger partial charge in [-0.3, -0.25) is 24.8 Å². The second kappa shape index (κ2) is 15.4. The first-order valence-corrected chi connectivity index (χ1v) is 21.8. The van der Waals surface area contributed by atoms with Gasteiger partial charge in [-0.05, 0) is 107 Å². The number of carbonyl (C=O) groups excluding carboxylic acids is 3. The van der Waals surface area contributed by atoms with E-state index >= 15 is 8.78 Å². The number of anilines is 2. The number of rotatable bonds is 10. The molecule has 316 valence electrons. The minimum atomic E-state index is -1.75. The van der Waals surface area contributed by atoms with Crippen molar-refractivity contribution in [2.24, 2.45) is 5.92 Å². The summed E-state index contributed by atoms with van der Waals surface area (Å²) in [6.07, 6.45) is 8.06. The third kappa shape index (κ3) is 7.58. The lowest BCUT2D eigenvalue weighted by atomic mass is 9.80. The molecular formula is C45H53F2N9O4. The van der Waals surface area contributed by atoms with Crippen LogP contribution in [0.25, 0.3) is 22.3 Å². The summed E-state index contributed by atoms with van der Waals surface area (Å²) in [5.74, 6) is 0.193. The van der Waals surface area contributed by atoms with Gasteiger partial charge < -0.3 is 24.3 Å². The van der Waals surface area contributed by atoms with E-state index in [1.807, 2.05) is 36.4 Å². The van der Waals surface area contributed by atoms with Crippen LogP contribution < -0.4 is 19.9 Å². The Kier molecular flexibility index (Phi) is 9.99. The molecule has 6 aliphatic rings. The summed E-state index contributed by atoms with van der Waals surface area (Å²) < 4.78 is 37.8. The lowest BCUT2D eigenvalue weighted by Crippen LogP contribution is -2.58. The van der Waals surface area contributed by atoms with Gasteiger partial charge in [-0.25, -0.2) is 18.7 Å². The van der Waals surface area contributed by atoms with Crippen LogP contribution in [-0.2, 0) is 16.1 Å². The van der Waals surface area contributed by atoms with Crippen LogP contribution in [0.5, 0.6) is 5.75 Å². The third-order valence-electron chi connectivity index (χ3n) is 14.1. The van der Waals surface area contributed by atoms with Crippen LogP contribution in [0.2, 0.25) is 0 Å². The predicted octanol–water partition coefficient (Wildman–Crippen LogP) is 6.13. The van der Waals surface area contributed by atoms with Gasteiger partial charge >= 0.3 is 0 Å². The minimum absolute atomic E-state index is 0.0721. The van der Waals surface area contributed by atoms with Crippen LogP contribution in [0.4, 0.5) is 20.3 Å². The van der Waals surface area contributed by atoms with Crippen molar-refractivity contribution in [3.63, 3.8) is 0 Å². The number of halogens is 2. The summed E-state index contributed by atoms with van der Waals surface area (Å²) in [7, 11) is 0. The van der Waals surface area contributed by atoms with Crippen molar-refractivity contribution in [1.29, 1.82) is 0 Å². The van der Waals surface area contributed by atoms with E-state index in [1.165, 1.54) is 4.90 Å². The number of hydrogen-bond donors (Lipinski definition) is 2. The lowest BCUT2D eigenvalue weighted by Gasteiger charge is -2.44. The summed E-state index contributed by atoms with van der Waals surface area (Å²) in [5, 5.41) is 10.9. The van der Waals surface area contributed by atoms with Crippen LogP contribution in [0.3, 0.4) is 0 Å². The van der Waals surface area contributed by atoms with E-state index in [-0.39, 0.29) is 24.1 Å². The average Bonchev–Trinajstić information content (AvgIpc) is 3.66. The summed E-state index contributed by atoms with van der Waals surface area (Å²) in [5.41, 5.74) is 3.41.